The minimum absolute atomic E-state index is 0.311. The number of hydrogen-bond donors (Lipinski definition) is 1. The third-order valence-electron chi connectivity index (χ3n) is 3.49. The summed E-state index contributed by atoms with van der Waals surface area (Å²) < 4.78 is 2.12. The van der Waals surface area contributed by atoms with Crippen molar-refractivity contribution in [2.24, 2.45) is 5.92 Å². The maximum absolute atomic E-state index is 4.78. The molecule has 0 spiro atoms. The van der Waals surface area contributed by atoms with Gasteiger partial charge in [-0.3, -0.25) is 4.98 Å². The second-order valence-corrected chi connectivity index (χ2v) is 5.58. The van der Waals surface area contributed by atoms with Gasteiger partial charge in [0.2, 0.25) is 0 Å². The fourth-order valence-electron chi connectivity index (χ4n) is 2.67. The van der Waals surface area contributed by atoms with E-state index < -0.39 is 0 Å². The summed E-state index contributed by atoms with van der Waals surface area (Å²) in [7, 11) is 0. The van der Waals surface area contributed by atoms with Gasteiger partial charge >= 0.3 is 0 Å². The molecule has 0 saturated heterocycles. The van der Waals surface area contributed by atoms with Gasteiger partial charge < -0.3 is 5.32 Å². The van der Waals surface area contributed by atoms with Crippen molar-refractivity contribution in [3.05, 3.63) is 41.9 Å². The Bertz CT molecular complexity index is 545. The Kier molecular flexibility index (Phi) is 3.23. The van der Waals surface area contributed by atoms with Crippen LogP contribution in [0.5, 0.6) is 0 Å². The molecule has 1 aliphatic heterocycles. The summed E-state index contributed by atoms with van der Waals surface area (Å²) in [6.45, 7) is 5.45. The molecule has 19 heavy (non-hydrogen) atoms. The highest BCUT2D eigenvalue weighted by atomic mass is 15.4. The minimum Gasteiger partial charge on any atom is -0.370 e. The Labute approximate surface area is 113 Å². The first-order valence-electron chi connectivity index (χ1n) is 6.96. The summed E-state index contributed by atoms with van der Waals surface area (Å²) in [5.41, 5.74) is 2.41. The van der Waals surface area contributed by atoms with Crippen molar-refractivity contribution in [3.63, 3.8) is 0 Å². The summed E-state index contributed by atoms with van der Waals surface area (Å²) in [5, 5.41) is 8.21. The lowest BCUT2D eigenvalue weighted by atomic mass is 10.0. The summed E-state index contributed by atoms with van der Waals surface area (Å²) in [5.74, 6) is 1.77. The predicted octanol–water partition coefficient (Wildman–Crippen LogP) is 2.88. The second-order valence-electron chi connectivity index (χ2n) is 5.58. The minimum atomic E-state index is 0.311. The highest BCUT2D eigenvalue weighted by Crippen LogP contribution is 2.29. The topological polar surface area (TPSA) is 42.7 Å². The molecule has 4 heteroatoms. The van der Waals surface area contributed by atoms with E-state index in [1.165, 1.54) is 11.3 Å². The van der Waals surface area contributed by atoms with E-state index in [4.69, 9.17) is 5.10 Å². The van der Waals surface area contributed by atoms with E-state index in [2.05, 4.69) is 41.0 Å². The van der Waals surface area contributed by atoms with Crippen molar-refractivity contribution < 1.29 is 0 Å². The zero-order chi connectivity index (χ0) is 13.2. The van der Waals surface area contributed by atoms with Gasteiger partial charge in [-0.1, -0.05) is 19.9 Å². The number of aromatic nitrogens is 3. The monoisotopic (exact) mass is 256 g/mol. The summed E-state index contributed by atoms with van der Waals surface area (Å²) >= 11 is 0. The van der Waals surface area contributed by atoms with Crippen LogP contribution in [0.2, 0.25) is 0 Å². The van der Waals surface area contributed by atoms with Crippen molar-refractivity contribution in [1.29, 1.82) is 0 Å². The quantitative estimate of drug-likeness (QED) is 0.918. The first-order chi connectivity index (χ1) is 9.24. The van der Waals surface area contributed by atoms with Crippen molar-refractivity contribution in [3.8, 4) is 0 Å². The average molecular weight is 256 g/mol. The van der Waals surface area contributed by atoms with Crippen LogP contribution < -0.4 is 5.32 Å². The maximum atomic E-state index is 4.78. The van der Waals surface area contributed by atoms with Crippen LogP contribution in [0.4, 0.5) is 5.82 Å². The normalized spacial score (nSPS) is 18.2. The number of rotatable bonds is 3. The Morgan fingerprint density at radius 1 is 1.47 bits per heavy atom. The molecule has 0 radical (unpaired) electrons. The van der Waals surface area contributed by atoms with Gasteiger partial charge in [-0.2, -0.15) is 5.10 Å². The van der Waals surface area contributed by atoms with Gasteiger partial charge in [0.25, 0.3) is 0 Å². The molecule has 1 atom stereocenters. The Morgan fingerprint density at radius 3 is 3.11 bits per heavy atom. The van der Waals surface area contributed by atoms with Gasteiger partial charge in [0.1, 0.15) is 5.82 Å². The predicted molar refractivity (Wildman–Crippen MR) is 76.3 cm³/mol. The number of fused-ring (bicyclic) bond motifs is 1. The third-order valence-corrected chi connectivity index (χ3v) is 3.49. The fourth-order valence-corrected chi connectivity index (χ4v) is 2.67. The summed E-state index contributed by atoms with van der Waals surface area (Å²) in [6, 6.07) is 6.63. The van der Waals surface area contributed by atoms with E-state index in [-0.39, 0.29) is 0 Å². The lowest BCUT2D eigenvalue weighted by molar-refractivity contribution is 0.473. The Balaban J connectivity index is 1.93. The van der Waals surface area contributed by atoms with Crippen LogP contribution in [0.15, 0.2) is 30.6 Å². The van der Waals surface area contributed by atoms with Gasteiger partial charge in [0.15, 0.2) is 0 Å². The van der Waals surface area contributed by atoms with E-state index >= 15 is 0 Å². The number of pyridine rings is 1. The molecule has 0 bridgehead atoms. The molecule has 4 nitrogen and oxygen atoms in total. The van der Waals surface area contributed by atoms with E-state index in [9.17, 15) is 0 Å². The molecule has 0 saturated carbocycles. The SMILES string of the molecule is CC(C)Cc1cc2n(n1)C(c1cccnc1)CCN2. The molecule has 1 aliphatic rings. The third kappa shape index (κ3) is 2.48. The van der Waals surface area contributed by atoms with Crippen LogP contribution in [0.3, 0.4) is 0 Å². The first-order valence-corrected chi connectivity index (χ1v) is 6.96. The first kappa shape index (κ1) is 12.2. The second kappa shape index (κ2) is 5.03. The van der Waals surface area contributed by atoms with E-state index in [0.717, 1.165) is 25.2 Å². The molecule has 1 unspecified atom stereocenters. The molecular formula is C15H20N4. The maximum Gasteiger partial charge on any atom is 0.125 e. The van der Waals surface area contributed by atoms with Gasteiger partial charge in [0.05, 0.1) is 11.7 Å². The van der Waals surface area contributed by atoms with Gasteiger partial charge in [-0.15, -0.1) is 0 Å². The van der Waals surface area contributed by atoms with Crippen molar-refractivity contribution in [2.75, 3.05) is 11.9 Å². The largest absolute Gasteiger partial charge is 0.370 e. The van der Waals surface area contributed by atoms with Gasteiger partial charge in [-0.05, 0) is 30.4 Å². The zero-order valence-corrected chi connectivity index (χ0v) is 11.5. The van der Waals surface area contributed by atoms with Crippen LogP contribution in [0.25, 0.3) is 0 Å². The molecule has 0 aromatic carbocycles. The van der Waals surface area contributed by atoms with Crippen LogP contribution in [0, 0.1) is 5.92 Å². The van der Waals surface area contributed by atoms with Gasteiger partial charge in [-0.25, -0.2) is 4.68 Å². The van der Waals surface area contributed by atoms with Crippen LogP contribution in [-0.4, -0.2) is 21.3 Å². The molecule has 0 fully saturated rings. The number of nitrogens with one attached hydrogen (secondary N) is 1. The molecular weight excluding hydrogens is 236 g/mol. The number of hydrogen-bond acceptors (Lipinski definition) is 3. The molecule has 3 heterocycles. The van der Waals surface area contributed by atoms with E-state index in [1.54, 1.807) is 0 Å². The van der Waals surface area contributed by atoms with Crippen LogP contribution in [-0.2, 0) is 6.42 Å². The molecule has 0 aliphatic carbocycles. The van der Waals surface area contributed by atoms with Crippen molar-refractivity contribution in [1.82, 2.24) is 14.8 Å². The van der Waals surface area contributed by atoms with Crippen LogP contribution in [0.1, 0.15) is 37.6 Å². The molecule has 2 aromatic heterocycles. The van der Waals surface area contributed by atoms with Crippen molar-refractivity contribution in [2.45, 2.75) is 32.7 Å². The standard InChI is InChI=1S/C15H20N4/c1-11(2)8-13-9-15-17-7-5-14(19(15)18-13)12-4-3-6-16-10-12/h3-4,6,9-11,14,17H,5,7-8H2,1-2H3. The smallest absolute Gasteiger partial charge is 0.125 e. The molecule has 3 rings (SSSR count). The van der Waals surface area contributed by atoms with Crippen molar-refractivity contribution >= 4 is 5.82 Å². The molecule has 1 N–H and O–H groups in total. The highest BCUT2D eigenvalue weighted by Gasteiger charge is 2.23. The molecule has 100 valence electrons. The molecule has 2 aromatic rings. The average Bonchev–Trinajstić information content (AvgIpc) is 2.80. The number of nitrogens with zero attached hydrogens (tertiary/aromatic N) is 3. The lowest BCUT2D eigenvalue weighted by Crippen LogP contribution is -2.24. The van der Waals surface area contributed by atoms with E-state index in [0.29, 0.717) is 12.0 Å². The lowest BCUT2D eigenvalue weighted by Gasteiger charge is -2.25. The zero-order valence-electron chi connectivity index (χ0n) is 11.5. The highest BCUT2D eigenvalue weighted by molar-refractivity contribution is 5.41. The van der Waals surface area contributed by atoms with Gasteiger partial charge in [0, 0.05) is 25.0 Å². The number of anilines is 1. The fraction of sp³-hybridized carbons (Fsp3) is 0.467. The summed E-state index contributed by atoms with van der Waals surface area (Å²) in [4.78, 5) is 4.23. The van der Waals surface area contributed by atoms with Crippen LogP contribution >= 0.6 is 0 Å². The summed E-state index contributed by atoms with van der Waals surface area (Å²) in [6.07, 6.45) is 5.85. The Morgan fingerprint density at radius 2 is 2.37 bits per heavy atom. The Hall–Kier alpha value is -1.84. The van der Waals surface area contributed by atoms with E-state index in [1.807, 2.05) is 18.5 Å². The molecule has 0 amide bonds.